The first-order valence-corrected chi connectivity index (χ1v) is 9.03. The molecule has 6 nitrogen and oxygen atoms in total. The van der Waals surface area contributed by atoms with E-state index in [1.807, 2.05) is 18.2 Å². The number of amides is 1. The number of benzene rings is 1. The molecule has 0 spiro atoms. The summed E-state index contributed by atoms with van der Waals surface area (Å²) < 4.78 is 0. The molecule has 3 unspecified atom stereocenters. The smallest absolute Gasteiger partial charge is 0.226 e. The number of carbonyl (C=O) groups excluding carboxylic acids is 1. The van der Waals surface area contributed by atoms with Gasteiger partial charge in [-0.2, -0.15) is 0 Å². The number of anilines is 1. The molecule has 0 bridgehead atoms. The summed E-state index contributed by atoms with van der Waals surface area (Å²) >= 11 is 6.24. The van der Waals surface area contributed by atoms with Gasteiger partial charge in [-0.3, -0.25) is 15.5 Å². The number of amidine groups is 1. The molecule has 25 heavy (non-hydrogen) atoms. The molecule has 4 rings (SSSR count). The molecule has 3 aliphatic rings. The van der Waals surface area contributed by atoms with E-state index in [1.54, 1.807) is 11.0 Å². The number of nitrogens with zero attached hydrogens (tertiary/aromatic N) is 1. The van der Waals surface area contributed by atoms with Crippen molar-refractivity contribution < 1.29 is 9.90 Å². The van der Waals surface area contributed by atoms with Crippen molar-refractivity contribution in [3.63, 3.8) is 0 Å². The van der Waals surface area contributed by atoms with Crippen LogP contribution in [0.3, 0.4) is 0 Å². The first-order chi connectivity index (χ1) is 12.1. The minimum Gasteiger partial charge on any atom is -0.510 e. The molecule has 2 aliphatic heterocycles. The highest BCUT2D eigenvalue weighted by molar-refractivity contribution is 6.34. The van der Waals surface area contributed by atoms with E-state index in [4.69, 9.17) is 17.0 Å². The highest BCUT2D eigenvalue weighted by atomic mass is 35.5. The van der Waals surface area contributed by atoms with Crippen molar-refractivity contribution in [3.05, 3.63) is 40.6 Å². The average Bonchev–Trinajstić information content (AvgIpc) is 2.89. The third-order valence-corrected chi connectivity index (χ3v) is 5.67. The number of fused-ring (bicyclic) bond motifs is 1. The van der Waals surface area contributed by atoms with E-state index < -0.39 is 6.17 Å². The molecule has 0 radical (unpaired) electrons. The van der Waals surface area contributed by atoms with Crippen LogP contribution in [0.1, 0.15) is 25.7 Å². The van der Waals surface area contributed by atoms with Crippen LogP contribution >= 0.6 is 11.6 Å². The predicted octanol–water partition coefficient (Wildman–Crippen LogP) is 2.55. The number of rotatable bonds is 2. The molecule has 4 N–H and O–H groups in total. The van der Waals surface area contributed by atoms with Crippen LogP contribution in [0.2, 0.25) is 5.02 Å². The van der Waals surface area contributed by atoms with E-state index in [0.29, 0.717) is 16.3 Å². The van der Waals surface area contributed by atoms with Crippen molar-refractivity contribution in [1.82, 2.24) is 10.6 Å². The summed E-state index contributed by atoms with van der Waals surface area (Å²) in [6, 6.07) is 7.35. The van der Waals surface area contributed by atoms with Gasteiger partial charge in [-0.25, -0.2) is 0 Å². The fourth-order valence-corrected chi connectivity index (χ4v) is 4.32. The lowest BCUT2D eigenvalue weighted by atomic mass is 9.82. The predicted molar refractivity (Wildman–Crippen MR) is 97.0 cm³/mol. The highest BCUT2D eigenvalue weighted by Crippen LogP contribution is 2.34. The van der Waals surface area contributed by atoms with E-state index in [2.05, 4.69) is 10.6 Å². The van der Waals surface area contributed by atoms with Crippen molar-refractivity contribution in [2.75, 3.05) is 11.4 Å². The van der Waals surface area contributed by atoms with Crippen LogP contribution in [0.15, 0.2) is 35.6 Å². The maximum atomic E-state index is 12.5. The summed E-state index contributed by atoms with van der Waals surface area (Å²) in [4.78, 5) is 14.1. The highest BCUT2D eigenvalue weighted by Gasteiger charge is 2.42. The van der Waals surface area contributed by atoms with Gasteiger partial charge in [-0.1, -0.05) is 36.6 Å². The molecule has 0 aromatic heterocycles. The second kappa shape index (κ2) is 6.35. The van der Waals surface area contributed by atoms with Crippen LogP contribution in [0.5, 0.6) is 0 Å². The monoisotopic (exact) mass is 360 g/mol. The summed E-state index contributed by atoms with van der Waals surface area (Å²) in [6.07, 6.45) is 3.48. The summed E-state index contributed by atoms with van der Waals surface area (Å²) in [5, 5.41) is 25.9. The van der Waals surface area contributed by atoms with Gasteiger partial charge in [0, 0.05) is 6.04 Å². The van der Waals surface area contributed by atoms with Gasteiger partial charge in [0.15, 0.2) is 0 Å². The normalized spacial score (nSPS) is 29.6. The maximum Gasteiger partial charge on any atom is 0.226 e. The minimum atomic E-state index is -0.535. The molecular weight excluding hydrogens is 340 g/mol. The number of carbonyl (C=O) groups is 1. The van der Waals surface area contributed by atoms with E-state index in [-0.39, 0.29) is 36.0 Å². The van der Waals surface area contributed by atoms with E-state index >= 15 is 0 Å². The standard InChI is InChI=1S/C18H21ClN4O2/c19-11-6-2-4-8-13(11)23-9-14(24)15(16(23)20)17-21-12-7-3-1-5-10(12)18(25)22-17/h2,4,6,8,10,12,17,20-21,24H,1,3,5,7,9H2,(H,22,25). The molecular formula is C18H21ClN4O2. The van der Waals surface area contributed by atoms with Crippen LogP contribution in [0.25, 0.3) is 0 Å². The number of aliphatic hydroxyl groups is 1. The molecule has 2 fully saturated rings. The number of aliphatic hydroxyl groups excluding tert-OH is 1. The summed E-state index contributed by atoms with van der Waals surface area (Å²) in [6.45, 7) is 0.181. The lowest BCUT2D eigenvalue weighted by molar-refractivity contribution is -0.130. The van der Waals surface area contributed by atoms with Gasteiger partial charge in [-0.05, 0) is 25.0 Å². The van der Waals surface area contributed by atoms with Gasteiger partial charge in [-0.15, -0.1) is 0 Å². The van der Waals surface area contributed by atoms with Gasteiger partial charge in [0.1, 0.15) is 17.8 Å². The molecule has 1 amide bonds. The van der Waals surface area contributed by atoms with Crippen molar-refractivity contribution >= 4 is 29.0 Å². The zero-order valence-electron chi connectivity index (χ0n) is 13.8. The van der Waals surface area contributed by atoms with Crippen molar-refractivity contribution in [3.8, 4) is 0 Å². The molecule has 1 aliphatic carbocycles. The molecule has 1 saturated carbocycles. The Bertz CT molecular complexity index is 763. The number of hydrogen-bond acceptors (Lipinski definition) is 4. The Kier molecular flexibility index (Phi) is 4.17. The van der Waals surface area contributed by atoms with E-state index in [9.17, 15) is 9.90 Å². The Hall–Kier alpha value is -2.05. The first kappa shape index (κ1) is 16.4. The molecule has 1 aromatic rings. The summed E-state index contributed by atoms with van der Waals surface area (Å²) in [5.41, 5.74) is 1.10. The Morgan fingerprint density at radius 2 is 2.00 bits per heavy atom. The molecule has 2 heterocycles. The Balaban J connectivity index is 1.58. The quantitative estimate of drug-likeness (QED) is 0.652. The maximum absolute atomic E-state index is 12.5. The van der Waals surface area contributed by atoms with E-state index in [1.165, 1.54) is 0 Å². The number of nitrogens with one attached hydrogen (secondary N) is 3. The largest absolute Gasteiger partial charge is 0.510 e. The van der Waals surface area contributed by atoms with Crippen molar-refractivity contribution in [2.24, 2.45) is 5.92 Å². The van der Waals surface area contributed by atoms with E-state index in [0.717, 1.165) is 25.7 Å². The fourth-order valence-electron chi connectivity index (χ4n) is 4.08. The average molecular weight is 361 g/mol. The first-order valence-electron chi connectivity index (χ1n) is 8.65. The zero-order valence-corrected chi connectivity index (χ0v) is 14.5. The number of halogens is 1. The third-order valence-electron chi connectivity index (χ3n) is 5.35. The van der Waals surface area contributed by atoms with Gasteiger partial charge in [0.25, 0.3) is 0 Å². The Labute approximate surface area is 151 Å². The van der Waals surface area contributed by atoms with Crippen LogP contribution in [0.4, 0.5) is 5.69 Å². The second-order valence-electron chi connectivity index (χ2n) is 6.85. The third kappa shape index (κ3) is 2.79. The second-order valence-corrected chi connectivity index (χ2v) is 7.26. The van der Waals surface area contributed by atoms with Gasteiger partial charge < -0.3 is 15.3 Å². The van der Waals surface area contributed by atoms with Gasteiger partial charge >= 0.3 is 0 Å². The molecule has 3 atom stereocenters. The van der Waals surface area contributed by atoms with Gasteiger partial charge in [0.2, 0.25) is 5.91 Å². The lowest BCUT2D eigenvalue weighted by Gasteiger charge is -2.40. The number of hydrogen-bond donors (Lipinski definition) is 4. The molecule has 132 valence electrons. The number of para-hydroxylation sites is 1. The Morgan fingerprint density at radius 3 is 2.80 bits per heavy atom. The molecule has 1 saturated heterocycles. The van der Waals surface area contributed by atoms with Crippen LogP contribution in [-0.4, -0.2) is 35.6 Å². The van der Waals surface area contributed by atoms with Crippen LogP contribution in [0, 0.1) is 11.3 Å². The fraction of sp³-hybridized carbons (Fsp3) is 0.444. The molecule has 7 heteroatoms. The SMILES string of the molecule is N=C1C(C2NC(=O)C3CCCCC3N2)=C(O)CN1c1ccccc1Cl. The topological polar surface area (TPSA) is 88.5 Å². The summed E-state index contributed by atoms with van der Waals surface area (Å²) in [7, 11) is 0. The van der Waals surface area contributed by atoms with Crippen molar-refractivity contribution in [2.45, 2.75) is 37.9 Å². The summed E-state index contributed by atoms with van der Waals surface area (Å²) in [5.74, 6) is 0.260. The molecule has 1 aromatic carbocycles. The lowest BCUT2D eigenvalue weighted by Crippen LogP contribution is -2.63. The van der Waals surface area contributed by atoms with Crippen LogP contribution in [-0.2, 0) is 4.79 Å². The van der Waals surface area contributed by atoms with Gasteiger partial charge in [0.05, 0.1) is 28.7 Å². The van der Waals surface area contributed by atoms with Crippen LogP contribution < -0.4 is 15.5 Å². The van der Waals surface area contributed by atoms with Crippen molar-refractivity contribution in [1.29, 1.82) is 5.41 Å². The Morgan fingerprint density at radius 1 is 1.24 bits per heavy atom. The zero-order chi connectivity index (χ0) is 17.6. The minimum absolute atomic E-state index is 0.0111.